The molecule has 4 saturated heterocycles. The number of ether oxygens (including phenoxy) is 2. The molecular weight excluding hydrogens is 1100 g/mol. The van der Waals surface area contributed by atoms with Crippen molar-refractivity contribution in [3.05, 3.63) is 162 Å². The predicted octanol–water partition coefficient (Wildman–Crippen LogP) is 10.4. The zero-order valence-electron chi connectivity index (χ0n) is 53.3. The van der Waals surface area contributed by atoms with Crippen molar-refractivity contribution in [2.75, 3.05) is 113 Å². The molecule has 0 atom stereocenters. The van der Waals surface area contributed by atoms with Gasteiger partial charge in [-0.15, -0.1) is 0 Å². The Balaban J connectivity index is 0.000000210. The van der Waals surface area contributed by atoms with Crippen LogP contribution in [0.3, 0.4) is 0 Å². The first-order valence-corrected chi connectivity index (χ1v) is 32.0. The van der Waals surface area contributed by atoms with Crippen LogP contribution in [0.2, 0.25) is 0 Å². The van der Waals surface area contributed by atoms with Crippen LogP contribution in [0.25, 0.3) is 22.3 Å². The number of rotatable bonds is 21. The summed E-state index contributed by atoms with van der Waals surface area (Å²) >= 11 is 0. The molecule has 2 aromatic carbocycles. The van der Waals surface area contributed by atoms with Gasteiger partial charge in [-0.25, -0.2) is 9.97 Å². The quantitative estimate of drug-likeness (QED) is 0.0456. The van der Waals surface area contributed by atoms with Crippen LogP contribution in [-0.2, 0) is 40.0 Å². The van der Waals surface area contributed by atoms with Crippen LogP contribution < -0.4 is 31.1 Å². The Hall–Kier alpha value is -7.57. The van der Waals surface area contributed by atoms with Crippen LogP contribution in [0.5, 0.6) is 0 Å². The fourth-order valence-electron chi connectivity index (χ4n) is 12.7. The number of nitrogens with one attached hydrogen (secondary N) is 3. The molecule has 8 heterocycles. The number of piperazine rings is 2. The molecule has 4 fully saturated rings. The van der Waals surface area contributed by atoms with Gasteiger partial charge in [-0.05, 0) is 193 Å². The standard InChI is InChI=1S/C37H47N5O4.C34H45N5O3/c1-6-8-27-21-25(3)39-37(45)31(27)10-11-34(43)32-22-29(28-9-12-35(38-24-28)41-17-15-40(5)16-18-41)23-33(26(32)4)42(36(44)7-2)30-13-19-46-20-14-30;1-5-6-25-19-23(2)36-34(41)29(25)8-9-32(40)30-20-27(21-31(24(30)3)37-28-11-17-42-18-12-28)26-7-10-33(35-22-26)39-15-13-38(4)14-16-39/h7,9,12,21-24,30H,2,6,8,10-11,13-20H2,1,3-5H3,(H,39,45);7,10,19-22,28,37H,5-6,8-9,11-18H2,1-4H3,(H,36,41). The minimum Gasteiger partial charge on any atom is -0.382 e. The van der Waals surface area contributed by atoms with E-state index < -0.39 is 0 Å². The molecule has 88 heavy (non-hydrogen) atoms. The van der Waals surface area contributed by atoms with Crippen molar-refractivity contribution in [2.45, 2.75) is 131 Å². The van der Waals surface area contributed by atoms with Crippen molar-refractivity contribution in [2.24, 2.45) is 0 Å². The maximum atomic E-state index is 14.1. The second kappa shape index (κ2) is 30.6. The number of aromatic amines is 2. The number of hydrogen-bond donors (Lipinski definition) is 3. The van der Waals surface area contributed by atoms with Gasteiger partial charge in [0.25, 0.3) is 17.0 Å². The van der Waals surface area contributed by atoms with Gasteiger partial charge in [-0.2, -0.15) is 0 Å². The second-order valence-corrected chi connectivity index (χ2v) is 24.5. The molecule has 4 aliphatic rings. The van der Waals surface area contributed by atoms with E-state index in [2.05, 4.69) is 87.6 Å². The van der Waals surface area contributed by atoms with E-state index in [1.165, 1.54) is 6.08 Å². The summed E-state index contributed by atoms with van der Waals surface area (Å²) in [5.41, 5.74) is 13.2. The number of H-pyrrole nitrogens is 2. The predicted molar refractivity (Wildman–Crippen MR) is 354 cm³/mol. The topological polar surface area (TPSA) is 189 Å². The molecule has 6 aromatic rings. The molecule has 0 bridgehead atoms. The highest BCUT2D eigenvalue weighted by Gasteiger charge is 2.30. The van der Waals surface area contributed by atoms with Gasteiger partial charge in [-0.1, -0.05) is 33.3 Å². The van der Waals surface area contributed by atoms with E-state index in [1.807, 2.05) is 82.6 Å². The summed E-state index contributed by atoms with van der Waals surface area (Å²) in [6, 6.07) is 20.6. The number of benzene rings is 2. The van der Waals surface area contributed by atoms with Gasteiger partial charge in [0.1, 0.15) is 11.6 Å². The lowest BCUT2D eigenvalue weighted by Crippen LogP contribution is -2.44. The van der Waals surface area contributed by atoms with Crippen molar-refractivity contribution in [3.8, 4) is 22.3 Å². The Morgan fingerprint density at radius 1 is 0.602 bits per heavy atom. The number of anilines is 4. The van der Waals surface area contributed by atoms with Crippen LogP contribution >= 0.6 is 0 Å². The Morgan fingerprint density at radius 3 is 1.50 bits per heavy atom. The van der Waals surface area contributed by atoms with Crippen molar-refractivity contribution < 1.29 is 23.9 Å². The lowest BCUT2D eigenvalue weighted by molar-refractivity contribution is -0.115. The monoisotopic (exact) mass is 1200 g/mol. The molecule has 0 unspecified atom stereocenters. The summed E-state index contributed by atoms with van der Waals surface area (Å²) in [5.74, 6) is 1.70. The van der Waals surface area contributed by atoms with Gasteiger partial charge in [0, 0.05) is 172 Å². The van der Waals surface area contributed by atoms with Gasteiger partial charge in [0.15, 0.2) is 11.6 Å². The van der Waals surface area contributed by atoms with E-state index >= 15 is 0 Å². The number of hydrogen-bond acceptors (Lipinski definition) is 14. The van der Waals surface area contributed by atoms with Crippen LogP contribution in [-0.4, -0.2) is 152 Å². The Labute approximate surface area is 520 Å². The number of aryl methyl sites for hydroxylation is 4. The van der Waals surface area contributed by atoms with E-state index in [-0.39, 0.29) is 47.5 Å². The van der Waals surface area contributed by atoms with Gasteiger partial charge in [0.2, 0.25) is 0 Å². The first-order valence-electron chi connectivity index (χ1n) is 32.0. The minimum absolute atomic E-state index is 0.0498. The maximum Gasteiger partial charge on any atom is 0.251 e. The van der Waals surface area contributed by atoms with Gasteiger partial charge >= 0.3 is 0 Å². The van der Waals surface area contributed by atoms with E-state index in [1.54, 1.807) is 4.90 Å². The lowest BCUT2D eigenvalue weighted by Gasteiger charge is -2.35. The van der Waals surface area contributed by atoms with Crippen LogP contribution in [0.4, 0.5) is 23.0 Å². The molecule has 4 aromatic heterocycles. The Kier molecular flexibility index (Phi) is 22.5. The van der Waals surface area contributed by atoms with Gasteiger partial charge in [0.05, 0.1) is 0 Å². The number of nitrogens with zero attached hydrogens (tertiary/aromatic N) is 7. The summed E-state index contributed by atoms with van der Waals surface area (Å²) in [6.07, 6.45) is 13.1. The Morgan fingerprint density at radius 2 is 1.06 bits per heavy atom. The van der Waals surface area contributed by atoms with Crippen LogP contribution in [0.15, 0.2) is 95.3 Å². The summed E-state index contributed by atoms with van der Waals surface area (Å²) in [5, 5.41) is 3.72. The number of aromatic nitrogens is 4. The summed E-state index contributed by atoms with van der Waals surface area (Å²) in [4.78, 5) is 93.6. The number of carbonyl (C=O) groups excluding carboxylic acids is 3. The average molecular weight is 1200 g/mol. The molecule has 3 N–H and O–H groups in total. The normalized spacial score (nSPS) is 16.2. The lowest BCUT2D eigenvalue weighted by atomic mass is 9.91. The molecule has 468 valence electrons. The first kappa shape index (κ1) is 64.9. The number of ketones is 2. The second-order valence-electron chi connectivity index (χ2n) is 24.5. The molecule has 17 heteroatoms. The highest BCUT2D eigenvalue weighted by molar-refractivity contribution is 6.06. The molecule has 10 rings (SSSR count). The van der Waals surface area contributed by atoms with Crippen molar-refractivity contribution in [3.63, 3.8) is 0 Å². The molecule has 4 aliphatic heterocycles. The fourth-order valence-corrected chi connectivity index (χ4v) is 12.7. The van der Waals surface area contributed by atoms with Crippen molar-refractivity contribution >= 4 is 40.5 Å². The fraction of sp³-hybridized carbons (Fsp3) is 0.479. The van der Waals surface area contributed by atoms with Gasteiger partial charge < -0.3 is 49.3 Å². The number of Topliss-reactive ketones (excluding diaryl/α,β-unsaturated/α-hetero) is 2. The third kappa shape index (κ3) is 16.2. The van der Waals surface area contributed by atoms with Crippen molar-refractivity contribution in [1.82, 2.24) is 29.7 Å². The van der Waals surface area contributed by atoms with Crippen LogP contribution in [0.1, 0.15) is 131 Å². The minimum atomic E-state index is -0.204. The summed E-state index contributed by atoms with van der Waals surface area (Å²) in [6.45, 7) is 26.1. The number of carbonyl (C=O) groups is 3. The largest absolute Gasteiger partial charge is 0.382 e. The number of likely N-dealkylation sites (N-methyl/N-ethyl adjacent to an activating group) is 2. The SMILES string of the molecule is C=CC(=O)N(c1cc(-c2ccc(N3CCN(C)CC3)nc2)cc(C(=O)CCc2c(CCC)cc(C)[nH]c2=O)c1C)C1CCOCC1.CCCc1cc(C)[nH]c(=O)c1CCC(=O)c1cc(-c2ccc(N3CCN(C)CC3)nc2)cc(NC2CCOCC2)c1C. The average Bonchev–Trinajstić information content (AvgIpc) is 3.67. The zero-order chi connectivity index (χ0) is 62.4. The first-order chi connectivity index (χ1) is 42.5. The van der Waals surface area contributed by atoms with Gasteiger partial charge in [-0.3, -0.25) is 24.0 Å². The smallest absolute Gasteiger partial charge is 0.251 e. The van der Waals surface area contributed by atoms with E-state index in [9.17, 15) is 24.0 Å². The Bertz CT molecular complexity index is 3510. The molecular formula is C71H92N10O7. The third-order valence-electron chi connectivity index (χ3n) is 18.0. The van der Waals surface area contributed by atoms with Crippen molar-refractivity contribution in [1.29, 1.82) is 0 Å². The summed E-state index contributed by atoms with van der Waals surface area (Å²) in [7, 11) is 4.28. The molecule has 1 amide bonds. The number of amides is 1. The van der Waals surface area contributed by atoms with Crippen LogP contribution in [0, 0.1) is 27.7 Å². The molecule has 0 saturated carbocycles. The van der Waals surface area contributed by atoms with E-state index in [0.717, 1.165) is 183 Å². The number of pyridine rings is 4. The molecule has 0 spiro atoms. The summed E-state index contributed by atoms with van der Waals surface area (Å²) < 4.78 is 11.2. The third-order valence-corrected chi connectivity index (χ3v) is 18.0. The maximum absolute atomic E-state index is 14.1. The molecule has 0 radical (unpaired) electrons. The van der Waals surface area contributed by atoms with E-state index in [4.69, 9.17) is 19.4 Å². The van der Waals surface area contributed by atoms with E-state index in [0.29, 0.717) is 67.3 Å². The molecule has 17 nitrogen and oxygen atoms in total. The zero-order valence-corrected chi connectivity index (χ0v) is 53.3. The molecule has 0 aliphatic carbocycles. The highest BCUT2D eigenvalue weighted by Crippen LogP contribution is 2.36. The highest BCUT2D eigenvalue weighted by atomic mass is 16.5.